The molecular formula is C19H37N3O5Si2. The van der Waals surface area contributed by atoms with Crippen LogP contribution in [-0.4, -0.2) is 56.2 Å². The molecule has 8 nitrogen and oxygen atoms in total. The fraction of sp³-hybridized carbons (Fsp3) is 0.789. The van der Waals surface area contributed by atoms with Crippen LogP contribution in [0.5, 0.6) is 0 Å². The van der Waals surface area contributed by atoms with Gasteiger partial charge in [0, 0.05) is 6.20 Å². The average molecular weight is 444 g/mol. The Bertz CT molecular complexity index is 728. The van der Waals surface area contributed by atoms with Crippen LogP contribution in [0.15, 0.2) is 17.1 Å². The third kappa shape index (κ3) is 6.22. The number of aromatic nitrogens is 2. The van der Waals surface area contributed by atoms with E-state index in [0.29, 0.717) is 0 Å². The fourth-order valence-electron chi connectivity index (χ4n) is 4.03. The van der Waals surface area contributed by atoms with E-state index in [1.54, 1.807) is 12.3 Å². The van der Waals surface area contributed by atoms with Crippen molar-refractivity contribution in [3.8, 4) is 0 Å². The number of aliphatic hydroxyl groups is 1. The highest BCUT2D eigenvalue weighted by Crippen LogP contribution is 2.37. The fourth-order valence-corrected chi connectivity index (χ4v) is 8.68. The number of ether oxygens (including phenoxy) is 1. The minimum absolute atomic E-state index is 0.158. The van der Waals surface area contributed by atoms with Crippen molar-refractivity contribution in [2.75, 3.05) is 12.3 Å². The van der Waals surface area contributed by atoms with Crippen molar-refractivity contribution >= 4 is 22.5 Å². The van der Waals surface area contributed by atoms with Crippen molar-refractivity contribution in [3.05, 3.63) is 22.7 Å². The van der Waals surface area contributed by atoms with E-state index in [-0.39, 0.29) is 12.4 Å². The third-order valence-electron chi connectivity index (χ3n) is 5.21. The lowest BCUT2D eigenvalue weighted by atomic mass is 10.1. The molecule has 0 aromatic carbocycles. The van der Waals surface area contributed by atoms with Crippen LogP contribution >= 0.6 is 0 Å². The highest BCUT2D eigenvalue weighted by atomic mass is 28.4. The van der Waals surface area contributed by atoms with Gasteiger partial charge in [-0.2, -0.15) is 4.98 Å². The Hall–Kier alpha value is -1.05. The van der Waals surface area contributed by atoms with Gasteiger partial charge in [0.15, 0.2) is 22.9 Å². The molecule has 10 heteroatoms. The quantitative estimate of drug-likeness (QED) is 0.535. The van der Waals surface area contributed by atoms with Gasteiger partial charge < -0.3 is 24.4 Å². The Kier molecular flexibility index (Phi) is 8.22. The molecule has 1 aliphatic rings. The van der Waals surface area contributed by atoms with Crippen LogP contribution < -0.4 is 11.4 Å². The minimum Gasteiger partial charge on any atom is -0.409 e. The number of anilines is 1. The minimum atomic E-state index is -2.04. The zero-order valence-corrected chi connectivity index (χ0v) is 20.6. The lowest BCUT2D eigenvalue weighted by Crippen LogP contribution is -2.50. The number of nitrogens with zero attached hydrogens (tertiary/aromatic N) is 2. The topological polar surface area (TPSA) is 109 Å². The van der Waals surface area contributed by atoms with Crippen molar-refractivity contribution in [1.29, 1.82) is 0 Å². The molecule has 0 amide bonds. The summed E-state index contributed by atoms with van der Waals surface area (Å²) in [6.07, 6.45) is 1.41. The summed E-state index contributed by atoms with van der Waals surface area (Å²) in [6, 6.07) is 3.55. The van der Waals surface area contributed by atoms with Gasteiger partial charge >= 0.3 is 5.69 Å². The molecule has 1 fully saturated rings. The van der Waals surface area contributed by atoms with E-state index < -0.39 is 46.9 Å². The summed E-state index contributed by atoms with van der Waals surface area (Å²) in [4.78, 5) is 16.3. The lowest BCUT2D eigenvalue weighted by molar-refractivity contribution is -0.0524. The van der Waals surface area contributed by atoms with Crippen molar-refractivity contribution in [1.82, 2.24) is 9.55 Å². The van der Waals surface area contributed by atoms with E-state index in [2.05, 4.69) is 45.0 Å². The monoisotopic (exact) mass is 443 g/mol. The second-order valence-electron chi connectivity index (χ2n) is 8.97. The first-order valence-electron chi connectivity index (χ1n) is 10.5. The molecule has 1 aromatic rings. The molecule has 0 saturated carbocycles. The normalized spacial score (nSPS) is 25.5. The summed E-state index contributed by atoms with van der Waals surface area (Å²) in [7, 11) is -4.03. The lowest BCUT2D eigenvalue weighted by Gasteiger charge is -2.36. The van der Waals surface area contributed by atoms with E-state index in [4.69, 9.17) is 19.3 Å². The molecule has 0 radical (unpaired) electrons. The molecule has 29 heavy (non-hydrogen) atoms. The molecule has 0 spiro atoms. The number of hydrogen-bond acceptors (Lipinski definition) is 7. The van der Waals surface area contributed by atoms with Gasteiger partial charge in [0.05, 0.1) is 6.61 Å². The predicted molar refractivity (Wildman–Crippen MR) is 119 cm³/mol. The zero-order chi connectivity index (χ0) is 21.8. The Morgan fingerprint density at radius 2 is 1.69 bits per heavy atom. The summed E-state index contributed by atoms with van der Waals surface area (Å²) in [5, 5.41) is 10.0. The second-order valence-corrected chi connectivity index (χ2v) is 17.5. The molecule has 0 aliphatic carbocycles. The summed E-state index contributed by atoms with van der Waals surface area (Å²) >= 11 is 0. The first kappa shape index (κ1) is 24.2. The van der Waals surface area contributed by atoms with Crippen LogP contribution in [0.3, 0.4) is 0 Å². The molecule has 1 aromatic heterocycles. The molecular weight excluding hydrogens is 406 g/mol. The standard InChI is InChI=1S/C19H37N3O5Si2/c1-7-11-28(3,4)26-16-14(13-23)25-18(17(16)27-29(5,6)12-8-2)22-10-9-15(20)21-19(22)24/h9-10,14,16-18,23H,7-8,11-13H2,1-6H3,(H2,20,21,24). The molecule has 166 valence electrons. The maximum Gasteiger partial charge on any atom is 0.351 e. The van der Waals surface area contributed by atoms with Gasteiger partial charge in [0.25, 0.3) is 0 Å². The number of aliphatic hydroxyl groups excluding tert-OH is 1. The largest absolute Gasteiger partial charge is 0.409 e. The average Bonchev–Trinajstić information content (AvgIpc) is 2.91. The maximum atomic E-state index is 12.5. The molecule has 0 bridgehead atoms. The van der Waals surface area contributed by atoms with Crippen LogP contribution in [0.25, 0.3) is 0 Å². The van der Waals surface area contributed by atoms with Gasteiger partial charge in [-0.25, -0.2) is 4.79 Å². The Balaban J connectivity index is 2.44. The van der Waals surface area contributed by atoms with Crippen LogP contribution in [0.1, 0.15) is 32.9 Å². The predicted octanol–water partition coefficient (Wildman–Crippen LogP) is 2.72. The van der Waals surface area contributed by atoms with Crippen molar-refractivity contribution in [3.63, 3.8) is 0 Å². The number of nitrogens with two attached hydrogens (primary N) is 1. The summed E-state index contributed by atoms with van der Waals surface area (Å²) in [6.45, 7) is 12.7. The number of hydrogen-bond donors (Lipinski definition) is 2. The van der Waals surface area contributed by atoms with Crippen molar-refractivity contribution < 1.29 is 18.7 Å². The summed E-state index contributed by atoms with van der Waals surface area (Å²) < 4.78 is 20.7. The van der Waals surface area contributed by atoms with Gasteiger partial charge in [0.2, 0.25) is 0 Å². The molecule has 3 N–H and O–H groups in total. The first-order chi connectivity index (χ1) is 13.5. The van der Waals surface area contributed by atoms with Gasteiger partial charge in [-0.05, 0) is 44.3 Å². The Labute approximate surface area is 175 Å². The van der Waals surface area contributed by atoms with Gasteiger partial charge in [0.1, 0.15) is 24.1 Å². The summed E-state index contributed by atoms with van der Waals surface area (Å²) in [5.74, 6) is 0.158. The van der Waals surface area contributed by atoms with Gasteiger partial charge in [-0.1, -0.05) is 26.7 Å². The maximum absolute atomic E-state index is 12.5. The molecule has 1 aliphatic heterocycles. The van der Waals surface area contributed by atoms with Crippen molar-refractivity contribution in [2.24, 2.45) is 0 Å². The van der Waals surface area contributed by atoms with E-state index in [1.807, 2.05) is 0 Å². The number of nitrogen functional groups attached to an aromatic ring is 1. The first-order valence-corrected chi connectivity index (χ1v) is 16.7. The van der Waals surface area contributed by atoms with E-state index >= 15 is 0 Å². The summed E-state index contributed by atoms with van der Waals surface area (Å²) in [5.41, 5.74) is 5.15. The van der Waals surface area contributed by atoms with E-state index in [1.165, 1.54) is 4.57 Å². The molecule has 2 heterocycles. The molecule has 4 unspecified atom stereocenters. The zero-order valence-electron chi connectivity index (χ0n) is 18.6. The van der Waals surface area contributed by atoms with Crippen LogP contribution in [-0.2, 0) is 13.6 Å². The SMILES string of the molecule is CCC[Si](C)(C)OC1C(CO)OC(n2ccc(N)nc2=O)C1O[Si](C)(C)CCC. The molecule has 2 rings (SSSR count). The van der Waals surface area contributed by atoms with E-state index in [9.17, 15) is 9.90 Å². The smallest absolute Gasteiger partial charge is 0.351 e. The third-order valence-corrected chi connectivity index (χ3v) is 10.4. The van der Waals surface area contributed by atoms with Crippen molar-refractivity contribution in [2.45, 2.75) is 89.5 Å². The Morgan fingerprint density at radius 3 is 2.17 bits per heavy atom. The van der Waals surface area contributed by atoms with Gasteiger partial charge in [-0.3, -0.25) is 4.57 Å². The molecule has 1 saturated heterocycles. The van der Waals surface area contributed by atoms with Crippen LogP contribution in [0.2, 0.25) is 38.3 Å². The van der Waals surface area contributed by atoms with E-state index in [0.717, 1.165) is 24.9 Å². The van der Waals surface area contributed by atoms with Gasteiger partial charge in [-0.15, -0.1) is 0 Å². The highest BCUT2D eigenvalue weighted by molar-refractivity contribution is 6.71. The Morgan fingerprint density at radius 1 is 1.14 bits per heavy atom. The number of rotatable bonds is 10. The molecule has 4 atom stereocenters. The van der Waals surface area contributed by atoms with Crippen LogP contribution in [0, 0.1) is 0 Å². The van der Waals surface area contributed by atoms with Crippen LogP contribution in [0.4, 0.5) is 5.82 Å². The second kappa shape index (κ2) is 9.84. The highest BCUT2D eigenvalue weighted by Gasteiger charge is 2.50.